The first-order valence-electron chi connectivity index (χ1n) is 6.38. The molecule has 1 heterocycles. The van der Waals surface area contributed by atoms with Crippen molar-refractivity contribution in [1.82, 2.24) is 15.1 Å². The molecule has 0 aliphatic rings. The van der Waals surface area contributed by atoms with Crippen LogP contribution in [0.2, 0.25) is 0 Å². The lowest BCUT2D eigenvalue weighted by molar-refractivity contribution is 0.402. The average Bonchev–Trinajstić information content (AvgIpc) is 2.74. The van der Waals surface area contributed by atoms with Gasteiger partial charge in [0.15, 0.2) is 5.75 Å². The highest BCUT2D eigenvalue weighted by Gasteiger charge is 2.22. The van der Waals surface area contributed by atoms with Crippen molar-refractivity contribution in [3.8, 4) is 5.75 Å². The Hall–Kier alpha value is -1.81. The van der Waals surface area contributed by atoms with Gasteiger partial charge in [0.1, 0.15) is 5.69 Å². The Morgan fingerprint density at radius 1 is 1.32 bits per heavy atom. The number of aromatic nitrogens is 2. The third-order valence-corrected chi connectivity index (χ3v) is 3.47. The molecule has 1 atom stereocenters. The van der Waals surface area contributed by atoms with E-state index >= 15 is 0 Å². The van der Waals surface area contributed by atoms with Crippen molar-refractivity contribution < 1.29 is 4.74 Å². The molecule has 0 fully saturated rings. The second kappa shape index (κ2) is 5.45. The van der Waals surface area contributed by atoms with Gasteiger partial charge in [-0.05, 0) is 32.0 Å². The van der Waals surface area contributed by atoms with Gasteiger partial charge >= 0.3 is 0 Å². The molecular formula is C15H21N3O. The fourth-order valence-electron chi connectivity index (χ4n) is 2.50. The van der Waals surface area contributed by atoms with Crippen LogP contribution in [0.3, 0.4) is 0 Å². The van der Waals surface area contributed by atoms with E-state index in [1.165, 1.54) is 16.7 Å². The van der Waals surface area contributed by atoms with Crippen LogP contribution in [-0.4, -0.2) is 23.9 Å². The summed E-state index contributed by atoms with van der Waals surface area (Å²) in [5.74, 6) is 0.807. The van der Waals surface area contributed by atoms with Gasteiger partial charge in [0.25, 0.3) is 0 Å². The Labute approximate surface area is 114 Å². The average molecular weight is 259 g/mol. The molecule has 0 saturated heterocycles. The maximum atomic E-state index is 5.41. The highest BCUT2D eigenvalue weighted by molar-refractivity contribution is 5.41. The van der Waals surface area contributed by atoms with Crippen LogP contribution in [0.15, 0.2) is 24.4 Å². The van der Waals surface area contributed by atoms with Gasteiger partial charge in [0.05, 0.1) is 19.3 Å². The summed E-state index contributed by atoms with van der Waals surface area (Å²) in [7, 11) is 5.57. The van der Waals surface area contributed by atoms with Crippen molar-refractivity contribution in [1.29, 1.82) is 0 Å². The lowest BCUT2D eigenvalue weighted by atomic mass is 9.97. The number of aryl methyl sites for hydroxylation is 3. The normalized spacial score (nSPS) is 12.5. The Kier molecular flexibility index (Phi) is 3.90. The molecule has 0 bridgehead atoms. The molecule has 1 unspecified atom stereocenters. The molecule has 4 heteroatoms. The number of rotatable bonds is 4. The molecule has 2 aromatic rings. The van der Waals surface area contributed by atoms with Gasteiger partial charge in [0, 0.05) is 7.05 Å². The minimum Gasteiger partial charge on any atom is -0.493 e. The van der Waals surface area contributed by atoms with E-state index in [0.29, 0.717) is 0 Å². The first-order chi connectivity index (χ1) is 9.08. The largest absolute Gasteiger partial charge is 0.493 e. The summed E-state index contributed by atoms with van der Waals surface area (Å²) < 4.78 is 7.27. The molecule has 0 amide bonds. The van der Waals surface area contributed by atoms with Crippen LogP contribution in [0.5, 0.6) is 5.75 Å². The molecule has 0 aliphatic carbocycles. The van der Waals surface area contributed by atoms with Crippen molar-refractivity contribution >= 4 is 0 Å². The van der Waals surface area contributed by atoms with Crippen molar-refractivity contribution in [2.24, 2.45) is 7.05 Å². The molecule has 0 aliphatic heterocycles. The molecule has 19 heavy (non-hydrogen) atoms. The van der Waals surface area contributed by atoms with Gasteiger partial charge < -0.3 is 10.1 Å². The zero-order valence-electron chi connectivity index (χ0n) is 12.2. The summed E-state index contributed by atoms with van der Waals surface area (Å²) in [5.41, 5.74) is 4.82. The number of methoxy groups -OCH3 is 1. The third-order valence-electron chi connectivity index (χ3n) is 3.47. The second-order valence-corrected chi connectivity index (χ2v) is 4.80. The van der Waals surface area contributed by atoms with E-state index in [0.717, 1.165) is 11.4 Å². The summed E-state index contributed by atoms with van der Waals surface area (Å²) in [6, 6.07) is 6.57. The SMILES string of the molecule is CNC(c1ccc(C)cc1C)c1c(OC)cnn1C. The van der Waals surface area contributed by atoms with Gasteiger partial charge in [-0.3, -0.25) is 4.68 Å². The first kappa shape index (κ1) is 13.6. The summed E-state index contributed by atoms with van der Waals surface area (Å²) in [5, 5.41) is 7.64. The molecule has 102 valence electrons. The molecule has 0 saturated carbocycles. The molecule has 1 aromatic heterocycles. The van der Waals surface area contributed by atoms with E-state index < -0.39 is 0 Å². The zero-order chi connectivity index (χ0) is 14.0. The van der Waals surface area contributed by atoms with Gasteiger partial charge in [0.2, 0.25) is 0 Å². The third kappa shape index (κ3) is 2.49. The zero-order valence-corrected chi connectivity index (χ0v) is 12.2. The van der Waals surface area contributed by atoms with E-state index in [9.17, 15) is 0 Å². The predicted octanol–water partition coefficient (Wildman–Crippen LogP) is 2.35. The summed E-state index contributed by atoms with van der Waals surface area (Å²) in [4.78, 5) is 0. The Morgan fingerprint density at radius 3 is 2.63 bits per heavy atom. The number of hydrogen-bond acceptors (Lipinski definition) is 3. The highest BCUT2D eigenvalue weighted by atomic mass is 16.5. The molecule has 0 radical (unpaired) electrons. The van der Waals surface area contributed by atoms with Crippen LogP contribution >= 0.6 is 0 Å². The van der Waals surface area contributed by atoms with Crippen LogP contribution in [0.1, 0.15) is 28.4 Å². The second-order valence-electron chi connectivity index (χ2n) is 4.80. The lowest BCUT2D eigenvalue weighted by Crippen LogP contribution is -2.22. The van der Waals surface area contributed by atoms with Crippen LogP contribution in [-0.2, 0) is 7.05 Å². The van der Waals surface area contributed by atoms with Crippen molar-refractivity contribution in [2.45, 2.75) is 19.9 Å². The quantitative estimate of drug-likeness (QED) is 0.916. The molecule has 1 aromatic carbocycles. The van der Waals surface area contributed by atoms with Crippen molar-refractivity contribution in [3.63, 3.8) is 0 Å². The van der Waals surface area contributed by atoms with Gasteiger partial charge in [-0.1, -0.05) is 23.8 Å². The smallest absolute Gasteiger partial charge is 0.161 e. The molecule has 1 N–H and O–H groups in total. The highest BCUT2D eigenvalue weighted by Crippen LogP contribution is 2.31. The van der Waals surface area contributed by atoms with Gasteiger partial charge in [-0.2, -0.15) is 5.10 Å². The van der Waals surface area contributed by atoms with Gasteiger partial charge in [-0.15, -0.1) is 0 Å². The number of nitrogens with one attached hydrogen (secondary N) is 1. The van der Waals surface area contributed by atoms with E-state index in [4.69, 9.17) is 4.74 Å². The van der Waals surface area contributed by atoms with Crippen LogP contribution < -0.4 is 10.1 Å². The maximum absolute atomic E-state index is 5.41. The van der Waals surface area contributed by atoms with E-state index in [1.54, 1.807) is 13.3 Å². The van der Waals surface area contributed by atoms with E-state index in [1.807, 2.05) is 18.8 Å². The number of nitrogens with zero attached hydrogens (tertiary/aromatic N) is 2. The van der Waals surface area contributed by atoms with Crippen LogP contribution in [0.25, 0.3) is 0 Å². The van der Waals surface area contributed by atoms with Crippen molar-refractivity contribution in [2.75, 3.05) is 14.2 Å². The van der Waals surface area contributed by atoms with E-state index in [2.05, 4.69) is 42.5 Å². The molecule has 4 nitrogen and oxygen atoms in total. The van der Waals surface area contributed by atoms with Crippen LogP contribution in [0.4, 0.5) is 0 Å². The first-order valence-corrected chi connectivity index (χ1v) is 6.38. The Balaban J connectivity index is 2.52. The topological polar surface area (TPSA) is 39.1 Å². The number of hydrogen-bond donors (Lipinski definition) is 1. The fraction of sp³-hybridized carbons (Fsp3) is 0.400. The maximum Gasteiger partial charge on any atom is 0.161 e. The minimum atomic E-state index is 0.0723. The lowest BCUT2D eigenvalue weighted by Gasteiger charge is -2.20. The van der Waals surface area contributed by atoms with E-state index in [-0.39, 0.29) is 6.04 Å². The Morgan fingerprint density at radius 2 is 2.05 bits per heavy atom. The Bertz CT molecular complexity index is 575. The predicted molar refractivity (Wildman–Crippen MR) is 76.6 cm³/mol. The van der Waals surface area contributed by atoms with Crippen molar-refractivity contribution in [3.05, 3.63) is 46.8 Å². The molecular weight excluding hydrogens is 238 g/mol. The van der Waals surface area contributed by atoms with Crippen LogP contribution in [0, 0.1) is 13.8 Å². The molecule has 2 rings (SSSR count). The standard InChI is InChI=1S/C15H21N3O/c1-10-6-7-12(11(2)8-10)14(16-3)15-13(19-5)9-17-18(15)4/h6-9,14,16H,1-5H3. The summed E-state index contributed by atoms with van der Waals surface area (Å²) >= 11 is 0. The molecule has 0 spiro atoms. The monoisotopic (exact) mass is 259 g/mol. The summed E-state index contributed by atoms with van der Waals surface area (Å²) in [6.45, 7) is 4.24. The summed E-state index contributed by atoms with van der Waals surface area (Å²) in [6.07, 6.45) is 1.75. The number of benzene rings is 1. The fourth-order valence-corrected chi connectivity index (χ4v) is 2.50. The number of ether oxygens (including phenoxy) is 1. The minimum absolute atomic E-state index is 0.0723. The van der Waals surface area contributed by atoms with Gasteiger partial charge in [-0.25, -0.2) is 0 Å².